The van der Waals surface area contributed by atoms with Crippen LogP contribution in [0.15, 0.2) is 53.0 Å². The van der Waals surface area contributed by atoms with Crippen LogP contribution in [-0.2, 0) is 6.61 Å². The minimum Gasteiger partial charge on any atom is -0.489 e. The van der Waals surface area contributed by atoms with E-state index in [0.29, 0.717) is 6.61 Å². The predicted octanol–water partition coefficient (Wildman–Crippen LogP) is 1.28. The van der Waals surface area contributed by atoms with E-state index in [1.165, 1.54) is 0 Å². The van der Waals surface area contributed by atoms with E-state index in [1.54, 1.807) is 6.21 Å². The number of ether oxygens (including phenoxy) is 1. The van der Waals surface area contributed by atoms with Gasteiger partial charge in [0.1, 0.15) is 12.4 Å². The number of nitrogens with one attached hydrogen (secondary N) is 2. The number of hydrazone groups is 1. The third-order valence-electron chi connectivity index (χ3n) is 2.63. The van der Waals surface area contributed by atoms with E-state index in [4.69, 9.17) is 10.5 Å². The average Bonchev–Trinajstić information content (AvgIpc) is 2.48. The molecule has 0 unspecified atom stereocenters. The van der Waals surface area contributed by atoms with Crippen molar-refractivity contribution in [2.45, 2.75) is 6.61 Å². The number of hydrazine groups is 1. The van der Waals surface area contributed by atoms with Crippen LogP contribution in [0.2, 0.25) is 0 Å². The third-order valence-corrected chi connectivity index (χ3v) is 3.26. The van der Waals surface area contributed by atoms with Crippen molar-refractivity contribution in [3.05, 3.63) is 64.1 Å². The van der Waals surface area contributed by atoms with Crippen LogP contribution in [0.1, 0.15) is 11.1 Å². The standard InChI is InChI=1S/C15H14BrN3OS/c16-13-5-1-12(2-6-13)10-20-14-7-3-11(4-8-14)9-18-19-15(17)21/h1-9H,10H2,(H3,17,19,21)/p+1. The molecule has 2 rings (SSSR count). The lowest BCUT2D eigenvalue weighted by atomic mass is 10.2. The first kappa shape index (κ1) is 15.5. The van der Waals surface area contributed by atoms with Crippen LogP contribution in [0.3, 0.4) is 0 Å². The molecule has 0 bridgehead atoms. The number of halogens is 1. The summed E-state index contributed by atoms with van der Waals surface area (Å²) in [5.41, 5.74) is 10.0. The molecule has 2 aromatic carbocycles. The van der Waals surface area contributed by atoms with E-state index in [-0.39, 0.29) is 5.11 Å². The lowest BCUT2D eigenvalue weighted by Gasteiger charge is -2.06. The molecule has 0 aliphatic heterocycles. The smallest absolute Gasteiger partial charge is 0.221 e. The Morgan fingerprint density at radius 2 is 1.86 bits per heavy atom. The lowest BCUT2D eigenvalue weighted by Crippen LogP contribution is -2.82. The molecule has 0 aliphatic rings. The summed E-state index contributed by atoms with van der Waals surface area (Å²) in [5, 5.41) is 2.99. The zero-order valence-corrected chi connectivity index (χ0v) is 13.6. The average molecular weight is 365 g/mol. The van der Waals surface area contributed by atoms with Gasteiger partial charge in [0, 0.05) is 10.0 Å². The van der Waals surface area contributed by atoms with Crippen molar-refractivity contribution < 1.29 is 9.84 Å². The molecular weight excluding hydrogens is 350 g/mol. The minimum atomic E-state index is 0.195. The second-order valence-electron chi connectivity index (χ2n) is 4.26. The zero-order valence-electron chi connectivity index (χ0n) is 11.2. The summed E-state index contributed by atoms with van der Waals surface area (Å²) in [7, 11) is 0. The Morgan fingerprint density at radius 1 is 1.19 bits per heavy atom. The Bertz CT molecular complexity index is 626. The highest BCUT2D eigenvalue weighted by molar-refractivity contribution is 9.10. The van der Waals surface area contributed by atoms with Gasteiger partial charge in [-0.1, -0.05) is 28.1 Å². The van der Waals surface area contributed by atoms with Gasteiger partial charge < -0.3 is 10.5 Å². The van der Waals surface area contributed by atoms with Gasteiger partial charge in [0.15, 0.2) is 6.21 Å². The maximum absolute atomic E-state index is 5.72. The molecule has 0 fully saturated rings. The molecule has 0 heterocycles. The monoisotopic (exact) mass is 364 g/mol. The topological polar surface area (TPSA) is 61.2 Å². The van der Waals surface area contributed by atoms with Gasteiger partial charge in [-0.25, -0.2) is 0 Å². The summed E-state index contributed by atoms with van der Waals surface area (Å²) < 4.78 is 6.78. The maximum Gasteiger partial charge on any atom is 0.221 e. The van der Waals surface area contributed by atoms with E-state index in [2.05, 4.69) is 38.7 Å². The zero-order chi connectivity index (χ0) is 15.1. The molecule has 4 nitrogen and oxygen atoms in total. The van der Waals surface area contributed by atoms with Crippen LogP contribution in [0, 0.1) is 0 Å². The summed E-state index contributed by atoms with van der Waals surface area (Å²) >= 11 is 8.09. The third kappa shape index (κ3) is 5.53. The molecule has 6 heteroatoms. The van der Waals surface area contributed by atoms with Crippen molar-refractivity contribution in [2.24, 2.45) is 5.73 Å². The van der Waals surface area contributed by atoms with E-state index in [9.17, 15) is 0 Å². The molecule has 0 amide bonds. The van der Waals surface area contributed by atoms with Gasteiger partial charge in [-0.15, -0.1) is 10.5 Å². The first-order valence-corrected chi connectivity index (χ1v) is 7.45. The largest absolute Gasteiger partial charge is 0.489 e. The highest BCUT2D eigenvalue weighted by Gasteiger charge is 1.98. The molecule has 4 N–H and O–H groups in total. The van der Waals surface area contributed by atoms with Gasteiger partial charge >= 0.3 is 0 Å². The number of thiocarbonyl (C=S) groups is 1. The molecule has 0 aromatic heterocycles. The fourth-order valence-electron chi connectivity index (χ4n) is 1.60. The Kier molecular flexibility index (Phi) is 5.71. The summed E-state index contributed by atoms with van der Waals surface area (Å²) in [6.45, 7) is 0.539. The van der Waals surface area contributed by atoms with Crippen LogP contribution in [0.25, 0.3) is 0 Å². The Hall–Kier alpha value is -1.92. The van der Waals surface area contributed by atoms with Crippen molar-refractivity contribution in [3.8, 4) is 5.75 Å². The molecule has 0 saturated heterocycles. The fourth-order valence-corrected chi connectivity index (χ4v) is 1.92. The summed E-state index contributed by atoms with van der Waals surface area (Å²) in [4.78, 5) is 0. The Morgan fingerprint density at radius 3 is 2.48 bits per heavy atom. The van der Waals surface area contributed by atoms with Crippen LogP contribution in [-0.4, -0.2) is 11.3 Å². The molecule has 0 radical (unpaired) electrons. The molecular formula is C15H15BrN3OS+. The van der Waals surface area contributed by atoms with Crippen molar-refractivity contribution in [1.82, 2.24) is 5.43 Å². The second-order valence-corrected chi connectivity index (χ2v) is 5.62. The van der Waals surface area contributed by atoms with Gasteiger partial charge in [-0.3, -0.25) is 0 Å². The van der Waals surface area contributed by atoms with E-state index >= 15 is 0 Å². The predicted molar refractivity (Wildman–Crippen MR) is 91.0 cm³/mol. The summed E-state index contributed by atoms with van der Waals surface area (Å²) in [6.07, 6.45) is 1.76. The van der Waals surface area contributed by atoms with E-state index in [0.717, 1.165) is 21.3 Å². The van der Waals surface area contributed by atoms with Gasteiger partial charge in [-0.2, -0.15) is 0 Å². The van der Waals surface area contributed by atoms with Crippen LogP contribution in [0.5, 0.6) is 5.75 Å². The van der Waals surface area contributed by atoms with Crippen molar-refractivity contribution in [2.75, 3.05) is 0 Å². The van der Waals surface area contributed by atoms with Crippen molar-refractivity contribution in [1.29, 1.82) is 0 Å². The molecule has 0 saturated carbocycles. The number of rotatable bonds is 5. The van der Waals surface area contributed by atoms with Crippen LogP contribution >= 0.6 is 28.1 Å². The number of hydrogen-bond acceptors (Lipinski definition) is 2. The Labute approximate surface area is 137 Å². The number of hydrogen-bond donors (Lipinski definition) is 3. The lowest BCUT2D eigenvalue weighted by molar-refractivity contribution is -0.499. The van der Waals surface area contributed by atoms with E-state index in [1.807, 2.05) is 48.5 Å². The van der Waals surface area contributed by atoms with E-state index < -0.39 is 0 Å². The molecule has 0 spiro atoms. The van der Waals surface area contributed by atoms with Crippen LogP contribution < -0.4 is 21.0 Å². The molecule has 0 atom stereocenters. The quantitative estimate of drug-likeness (QED) is 0.424. The highest BCUT2D eigenvalue weighted by atomic mass is 79.9. The summed E-state index contributed by atoms with van der Waals surface area (Å²) in [6, 6.07) is 15.7. The molecule has 2 aromatic rings. The normalized spacial score (nSPS) is 10.5. The fraction of sp³-hybridized carbons (Fsp3) is 0.0667. The molecule has 108 valence electrons. The van der Waals surface area contributed by atoms with Gasteiger partial charge in [-0.05, 0) is 54.2 Å². The van der Waals surface area contributed by atoms with Crippen molar-refractivity contribution >= 4 is 39.5 Å². The number of benzene rings is 2. The van der Waals surface area contributed by atoms with Gasteiger partial charge in [0.25, 0.3) is 0 Å². The first-order chi connectivity index (χ1) is 10.1. The van der Waals surface area contributed by atoms with Crippen LogP contribution in [0.4, 0.5) is 0 Å². The number of nitrogens with two attached hydrogens (primary N) is 1. The minimum absolute atomic E-state index is 0.195. The highest BCUT2D eigenvalue weighted by Crippen LogP contribution is 2.15. The molecule has 0 aliphatic carbocycles. The summed E-state index contributed by atoms with van der Waals surface area (Å²) in [5.74, 6) is 0.817. The second kappa shape index (κ2) is 7.75. The van der Waals surface area contributed by atoms with Gasteiger partial charge in [0.2, 0.25) is 5.11 Å². The van der Waals surface area contributed by atoms with Gasteiger partial charge in [0.05, 0.1) is 0 Å². The Balaban J connectivity index is 1.88. The van der Waals surface area contributed by atoms with Crippen molar-refractivity contribution in [3.63, 3.8) is 0 Å². The first-order valence-electron chi connectivity index (χ1n) is 6.25. The maximum atomic E-state index is 5.72. The SMILES string of the molecule is NC(=S)N[NH+]=Cc1ccc(OCc2ccc(Br)cc2)cc1. The molecule has 21 heavy (non-hydrogen) atoms.